The molecule has 2 heterocycles. The van der Waals surface area contributed by atoms with Gasteiger partial charge in [0.15, 0.2) is 5.69 Å². The van der Waals surface area contributed by atoms with Gasteiger partial charge >= 0.3 is 0 Å². The number of hydrogen-bond acceptors (Lipinski definition) is 3. The molecule has 0 bridgehead atoms. The SMILES string of the molecule is C#Cc1c(C(=O)N(C)C)nn2c1CN(C)CCC2. The van der Waals surface area contributed by atoms with E-state index < -0.39 is 0 Å². The van der Waals surface area contributed by atoms with Gasteiger partial charge in [-0.2, -0.15) is 5.10 Å². The Labute approximate surface area is 107 Å². The highest BCUT2D eigenvalue weighted by atomic mass is 16.2. The lowest BCUT2D eigenvalue weighted by atomic mass is 10.1. The number of aromatic nitrogens is 2. The van der Waals surface area contributed by atoms with Gasteiger partial charge < -0.3 is 9.80 Å². The number of carbonyl (C=O) groups excluding carboxylic acids is 1. The van der Waals surface area contributed by atoms with Crippen molar-refractivity contribution < 1.29 is 4.79 Å². The summed E-state index contributed by atoms with van der Waals surface area (Å²) in [6, 6.07) is 0. The topological polar surface area (TPSA) is 41.4 Å². The molecule has 0 radical (unpaired) electrons. The highest BCUT2D eigenvalue weighted by molar-refractivity contribution is 5.94. The maximum Gasteiger partial charge on any atom is 0.275 e. The van der Waals surface area contributed by atoms with E-state index in [9.17, 15) is 4.79 Å². The van der Waals surface area contributed by atoms with E-state index in [0.717, 1.165) is 31.7 Å². The van der Waals surface area contributed by atoms with Gasteiger partial charge in [0, 0.05) is 33.7 Å². The fourth-order valence-electron chi connectivity index (χ4n) is 2.18. The lowest BCUT2D eigenvalue weighted by molar-refractivity contribution is 0.0820. The molecule has 96 valence electrons. The predicted octanol–water partition coefficient (Wildman–Crippen LogP) is 0.402. The molecule has 1 aromatic heterocycles. The molecule has 1 amide bonds. The summed E-state index contributed by atoms with van der Waals surface area (Å²) in [7, 11) is 5.47. The lowest BCUT2D eigenvalue weighted by Crippen LogP contribution is -2.23. The summed E-state index contributed by atoms with van der Waals surface area (Å²) < 4.78 is 1.88. The molecule has 0 N–H and O–H groups in total. The van der Waals surface area contributed by atoms with E-state index in [2.05, 4.69) is 23.0 Å². The van der Waals surface area contributed by atoms with Crippen LogP contribution in [0.5, 0.6) is 0 Å². The van der Waals surface area contributed by atoms with Crippen molar-refractivity contribution >= 4 is 5.91 Å². The Bertz CT molecular complexity index is 510. The van der Waals surface area contributed by atoms with Crippen molar-refractivity contribution in [3.05, 3.63) is 17.0 Å². The molecule has 1 aromatic rings. The molecule has 0 atom stereocenters. The minimum atomic E-state index is -0.133. The van der Waals surface area contributed by atoms with Crippen LogP contribution in [0.4, 0.5) is 0 Å². The number of rotatable bonds is 1. The number of terminal acetylenes is 1. The molecule has 0 spiro atoms. The molecule has 18 heavy (non-hydrogen) atoms. The van der Waals surface area contributed by atoms with Crippen LogP contribution in [0.1, 0.15) is 28.2 Å². The van der Waals surface area contributed by atoms with Crippen molar-refractivity contribution in [3.63, 3.8) is 0 Å². The summed E-state index contributed by atoms with van der Waals surface area (Å²) >= 11 is 0. The Balaban J connectivity index is 2.49. The second-order valence-electron chi connectivity index (χ2n) is 4.83. The first kappa shape index (κ1) is 12.7. The molecule has 0 saturated heterocycles. The Kier molecular flexibility index (Phi) is 3.39. The molecule has 2 rings (SSSR count). The zero-order valence-electron chi connectivity index (χ0n) is 11.1. The summed E-state index contributed by atoms with van der Waals surface area (Å²) in [6.45, 7) is 2.58. The minimum absolute atomic E-state index is 0.133. The molecule has 1 aliphatic rings. The van der Waals surface area contributed by atoms with Gasteiger partial charge in [0.05, 0.1) is 11.3 Å². The van der Waals surface area contributed by atoms with Crippen LogP contribution >= 0.6 is 0 Å². The van der Waals surface area contributed by atoms with Gasteiger partial charge in [-0.25, -0.2) is 0 Å². The number of hydrogen-bond donors (Lipinski definition) is 0. The molecule has 0 fully saturated rings. The smallest absolute Gasteiger partial charge is 0.275 e. The first-order valence-corrected chi connectivity index (χ1v) is 6.01. The van der Waals surface area contributed by atoms with Crippen molar-refractivity contribution in [2.24, 2.45) is 0 Å². The van der Waals surface area contributed by atoms with Gasteiger partial charge in [-0.15, -0.1) is 6.42 Å². The third kappa shape index (κ3) is 2.12. The fourth-order valence-corrected chi connectivity index (χ4v) is 2.18. The van der Waals surface area contributed by atoms with Crippen LogP contribution < -0.4 is 0 Å². The van der Waals surface area contributed by atoms with Crippen LogP contribution in [0.15, 0.2) is 0 Å². The zero-order valence-corrected chi connectivity index (χ0v) is 11.1. The second-order valence-corrected chi connectivity index (χ2v) is 4.83. The molecule has 0 unspecified atom stereocenters. The maximum atomic E-state index is 12.1. The van der Waals surface area contributed by atoms with Crippen molar-refractivity contribution in [2.75, 3.05) is 27.7 Å². The molecular formula is C13H18N4O. The van der Waals surface area contributed by atoms with Crippen molar-refractivity contribution in [1.29, 1.82) is 0 Å². The largest absolute Gasteiger partial charge is 0.343 e. The molecule has 5 nitrogen and oxygen atoms in total. The Hall–Kier alpha value is -1.80. The zero-order chi connectivity index (χ0) is 13.3. The standard InChI is InChI=1S/C13H18N4O/c1-5-10-11-9-16(4)7-6-8-17(11)14-12(10)13(18)15(2)3/h1H,6-9H2,2-4H3. The van der Waals surface area contributed by atoms with Crippen LogP contribution in [0.25, 0.3) is 0 Å². The third-order valence-electron chi connectivity index (χ3n) is 3.14. The van der Waals surface area contributed by atoms with E-state index in [4.69, 9.17) is 6.42 Å². The van der Waals surface area contributed by atoms with Gasteiger partial charge in [-0.1, -0.05) is 5.92 Å². The van der Waals surface area contributed by atoms with Crippen molar-refractivity contribution in [1.82, 2.24) is 19.6 Å². The molecule has 1 aliphatic heterocycles. The van der Waals surface area contributed by atoms with E-state index in [1.54, 1.807) is 14.1 Å². The molecular weight excluding hydrogens is 228 g/mol. The number of fused-ring (bicyclic) bond motifs is 1. The second kappa shape index (κ2) is 4.83. The fraction of sp³-hybridized carbons (Fsp3) is 0.538. The van der Waals surface area contributed by atoms with Gasteiger partial charge in [-0.3, -0.25) is 9.48 Å². The van der Waals surface area contributed by atoms with E-state index in [1.807, 2.05) is 4.68 Å². The highest BCUT2D eigenvalue weighted by Crippen LogP contribution is 2.19. The van der Waals surface area contributed by atoms with Crippen molar-refractivity contribution in [3.8, 4) is 12.3 Å². The van der Waals surface area contributed by atoms with Crippen LogP contribution in [0.2, 0.25) is 0 Å². The van der Waals surface area contributed by atoms with E-state index in [-0.39, 0.29) is 5.91 Å². The summed E-state index contributed by atoms with van der Waals surface area (Å²) in [6.07, 6.45) is 6.58. The minimum Gasteiger partial charge on any atom is -0.343 e. The number of amides is 1. The summed E-state index contributed by atoms with van der Waals surface area (Å²) in [5.74, 6) is 2.50. The van der Waals surface area contributed by atoms with E-state index >= 15 is 0 Å². The lowest BCUT2D eigenvalue weighted by Gasteiger charge is -2.12. The molecule has 0 aromatic carbocycles. The van der Waals surface area contributed by atoms with Gasteiger partial charge in [0.25, 0.3) is 5.91 Å². The van der Waals surface area contributed by atoms with Crippen LogP contribution in [0, 0.1) is 12.3 Å². The number of nitrogens with zero attached hydrogens (tertiary/aromatic N) is 4. The number of carbonyl (C=O) groups is 1. The predicted molar refractivity (Wildman–Crippen MR) is 69.1 cm³/mol. The van der Waals surface area contributed by atoms with Crippen LogP contribution in [0.3, 0.4) is 0 Å². The maximum absolute atomic E-state index is 12.1. The molecule has 5 heteroatoms. The monoisotopic (exact) mass is 246 g/mol. The van der Waals surface area contributed by atoms with Gasteiger partial charge in [0.1, 0.15) is 0 Å². The Morgan fingerprint density at radius 3 is 2.78 bits per heavy atom. The number of aryl methyl sites for hydroxylation is 1. The molecule has 0 aliphatic carbocycles. The Morgan fingerprint density at radius 2 is 2.17 bits per heavy atom. The van der Waals surface area contributed by atoms with Gasteiger partial charge in [0.2, 0.25) is 0 Å². The average Bonchev–Trinajstić information content (AvgIpc) is 2.55. The van der Waals surface area contributed by atoms with Gasteiger partial charge in [-0.05, 0) is 13.5 Å². The van der Waals surface area contributed by atoms with Crippen LogP contribution in [-0.2, 0) is 13.1 Å². The summed E-state index contributed by atoms with van der Waals surface area (Å²) in [4.78, 5) is 15.8. The summed E-state index contributed by atoms with van der Waals surface area (Å²) in [5, 5.41) is 4.39. The highest BCUT2D eigenvalue weighted by Gasteiger charge is 2.24. The van der Waals surface area contributed by atoms with E-state index in [0.29, 0.717) is 11.3 Å². The third-order valence-corrected chi connectivity index (χ3v) is 3.14. The van der Waals surface area contributed by atoms with E-state index in [1.165, 1.54) is 4.90 Å². The summed E-state index contributed by atoms with van der Waals surface area (Å²) in [5.41, 5.74) is 2.01. The quantitative estimate of drug-likeness (QED) is 0.674. The van der Waals surface area contributed by atoms with Crippen LogP contribution in [-0.4, -0.2) is 53.2 Å². The Morgan fingerprint density at radius 1 is 1.44 bits per heavy atom. The first-order chi connectivity index (χ1) is 8.54. The average molecular weight is 246 g/mol. The van der Waals surface area contributed by atoms with Crippen molar-refractivity contribution in [2.45, 2.75) is 19.5 Å². The molecule has 0 saturated carbocycles. The normalized spacial score (nSPS) is 15.7. The first-order valence-electron chi connectivity index (χ1n) is 6.01.